The lowest BCUT2D eigenvalue weighted by Crippen LogP contribution is -2.30. The Labute approximate surface area is 114 Å². The summed E-state index contributed by atoms with van der Waals surface area (Å²) < 4.78 is 0. The molecule has 0 heterocycles. The van der Waals surface area contributed by atoms with Gasteiger partial charge in [0.25, 0.3) is 5.91 Å². The Hall–Kier alpha value is -1.06. The minimum absolute atomic E-state index is 0.0626. The number of carbonyl (C=O) groups excluding carboxylic acids is 1. The van der Waals surface area contributed by atoms with Gasteiger partial charge in [0, 0.05) is 23.7 Å². The van der Waals surface area contributed by atoms with Gasteiger partial charge in [0.1, 0.15) is 0 Å². The molecule has 0 saturated carbocycles. The van der Waals surface area contributed by atoms with E-state index in [4.69, 9.17) is 11.6 Å². The molecule has 0 bridgehead atoms. The molecule has 1 rings (SSSR count). The minimum atomic E-state index is -0.0711. The van der Waals surface area contributed by atoms with Crippen LogP contribution in [0.4, 0.5) is 0 Å². The molecular weight excluding hydrogens is 248 g/mol. The number of halogens is 1. The topological polar surface area (TPSA) is 41.1 Å². The van der Waals surface area contributed by atoms with Gasteiger partial charge < -0.3 is 10.6 Å². The van der Waals surface area contributed by atoms with E-state index in [1.807, 2.05) is 13.1 Å². The lowest BCUT2D eigenvalue weighted by Gasteiger charge is -2.21. The standard InChI is InChI=1S/C14H21ClN2O/c1-14(2,3)11-9-10(5-6-12(11)15)13(18)17-8-7-16-4/h5-6,9,16H,7-8H2,1-4H3,(H,17,18). The first-order chi connectivity index (χ1) is 8.36. The second-order valence-electron chi connectivity index (χ2n) is 5.30. The SMILES string of the molecule is CNCCNC(=O)c1ccc(Cl)c(C(C)(C)C)c1. The molecule has 0 radical (unpaired) electrons. The van der Waals surface area contributed by atoms with Crippen molar-refractivity contribution in [3.63, 3.8) is 0 Å². The zero-order valence-corrected chi connectivity index (χ0v) is 12.2. The second kappa shape index (κ2) is 6.21. The predicted octanol–water partition coefficient (Wildman–Crippen LogP) is 2.59. The third-order valence-corrected chi connectivity index (χ3v) is 3.03. The quantitative estimate of drug-likeness (QED) is 0.824. The van der Waals surface area contributed by atoms with Crippen LogP contribution in [0.5, 0.6) is 0 Å². The number of hydrogen-bond acceptors (Lipinski definition) is 2. The molecule has 0 fully saturated rings. The van der Waals surface area contributed by atoms with Crippen molar-refractivity contribution in [3.8, 4) is 0 Å². The highest BCUT2D eigenvalue weighted by Crippen LogP contribution is 2.30. The van der Waals surface area contributed by atoms with Crippen molar-refractivity contribution in [2.24, 2.45) is 0 Å². The fourth-order valence-electron chi connectivity index (χ4n) is 1.64. The molecular formula is C14H21ClN2O. The summed E-state index contributed by atoms with van der Waals surface area (Å²) in [5.74, 6) is -0.0626. The molecule has 4 heteroatoms. The average molecular weight is 269 g/mol. The molecule has 18 heavy (non-hydrogen) atoms. The monoisotopic (exact) mass is 268 g/mol. The molecule has 0 aromatic heterocycles. The molecule has 0 atom stereocenters. The van der Waals surface area contributed by atoms with Crippen LogP contribution < -0.4 is 10.6 Å². The fraction of sp³-hybridized carbons (Fsp3) is 0.500. The van der Waals surface area contributed by atoms with Gasteiger partial charge in [-0.1, -0.05) is 32.4 Å². The lowest BCUT2D eigenvalue weighted by molar-refractivity contribution is 0.0954. The van der Waals surface area contributed by atoms with Crippen molar-refractivity contribution in [1.82, 2.24) is 10.6 Å². The Morgan fingerprint density at radius 1 is 1.28 bits per heavy atom. The Morgan fingerprint density at radius 3 is 2.50 bits per heavy atom. The largest absolute Gasteiger partial charge is 0.351 e. The smallest absolute Gasteiger partial charge is 0.251 e. The van der Waals surface area contributed by atoms with Crippen LogP contribution in [0.15, 0.2) is 18.2 Å². The van der Waals surface area contributed by atoms with Crippen molar-refractivity contribution >= 4 is 17.5 Å². The van der Waals surface area contributed by atoms with E-state index in [1.54, 1.807) is 12.1 Å². The number of likely N-dealkylation sites (N-methyl/N-ethyl adjacent to an activating group) is 1. The van der Waals surface area contributed by atoms with Crippen LogP contribution in [-0.2, 0) is 5.41 Å². The van der Waals surface area contributed by atoms with Crippen molar-refractivity contribution in [3.05, 3.63) is 34.3 Å². The van der Waals surface area contributed by atoms with Gasteiger partial charge >= 0.3 is 0 Å². The van der Waals surface area contributed by atoms with E-state index in [1.165, 1.54) is 0 Å². The number of carbonyl (C=O) groups is 1. The van der Waals surface area contributed by atoms with Gasteiger partial charge in [-0.3, -0.25) is 4.79 Å². The lowest BCUT2D eigenvalue weighted by atomic mass is 9.86. The molecule has 0 aliphatic rings. The van der Waals surface area contributed by atoms with Crippen LogP contribution >= 0.6 is 11.6 Å². The van der Waals surface area contributed by atoms with Gasteiger partial charge in [0.15, 0.2) is 0 Å². The van der Waals surface area contributed by atoms with E-state index < -0.39 is 0 Å². The van der Waals surface area contributed by atoms with Crippen molar-refractivity contribution in [2.75, 3.05) is 20.1 Å². The van der Waals surface area contributed by atoms with Crippen LogP contribution in [-0.4, -0.2) is 26.0 Å². The van der Waals surface area contributed by atoms with E-state index in [2.05, 4.69) is 31.4 Å². The summed E-state index contributed by atoms with van der Waals surface area (Å²) >= 11 is 6.17. The van der Waals surface area contributed by atoms with Crippen LogP contribution in [0.1, 0.15) is 36.7 Å². The molecule has 3 nitrogen and oxygen atoms in total. The third-order valence-electron chi connectivity index (χ3n) is 2.70. The van der Waals surface area contributed by atoms with Gasteiger partial charge in [0.2, 0.25) is 0 Å². The number of benzene rings is 1. The van der Waals surface area contributed by atoms with Crippen LogP contribution in [0, 0.1) is 0 Å². The summed E-state index contributed by atoms with van der Waals surface area (Å²) in [6.45, 7) is 7.61. The zero-order chi connectivity index (χ0) is 13.8. The molecule has 100 valence electrons. The summed E-state index contributed by atoms with van der Waals surface area (Å²) in [6.07, 6.45) is 0. The van der Waals surface area contributed by atoms with Crippen molar-refractivity contribution in [2.45, 2.75) is 26.2 Å². The van der Waals surface area contributed by atoms with E-state index in [0.717, 1.165) is 12.1 Å². The summed E-state index contributed by atoms with van der Waals surface area (Å²) in [4.78, 5) is 11.9. The van der Waals surface area contributed by atoms with E-state index in [9.17, 15) is 4.79 Å². The van der Waals surface area contributed by atoms with Gasteiger partial charge in [-0.2, -0.15) is 0 Å². The summed E-state index contributed by atoms with van der Waals surface area (Å²) in [5.41, 5.74) is 1.57. The molecule has 0 aliphatic heterocycles. The van der Waals surface area contributed by atoms with Crippen LogP contribution in [0.3, 0.4) is 0 Å². The second-order valence-corrected chi connectivity index (χ2v) is 5.71. The maximum Gasteiger partial charge on any atom is 0.251 e. The molecule has 0 aliphatic carbocycles. The van der Waals surface area contributed by atoms with Gasteiger partial charge in [-0.05, 0) is 36.2 Å². The molecule has 0 saturated heterocycles. The van der Waals surface area contributed by atoms with Gasteiger partial charge in [-0.15, -0.1) is 0 Å². The van der Waals surface area contributed by atoms with Gasteiger partial charge in [-0.25, -0.2) is 0 Å². The Bertz CT molecular complexity index is 424. The van der Waals surface area contributed by atoms with Crippen molar-refractivity contribution < 1.29 is 4.79 Å². The molecule has 2 N–H and O–H groups in total. The van der Waals surface area contributed by atoms with Crippen LogP contribution in [0.25, 0.3) is 0 Å². The van der Waals surface area contributed by atoms with E-state index in [-0.39, 0.29) is 11.3 Å². The first kappa shape index (κ1) is 15.0. The highest BCUT2D eigenvalue weighted by atomic mass is 35.5. The minimum Gasteiger partial charge on any atom is -0.351 e. The molecule has 1 aromatic rings. The first-order valence-corrected chi connectivity index (χ1v) is 6.47. The normalized spacial score (nSPS) is 11.4. The average Bonchev–Trinajstić information content (AvgIpc) is 2.28. The maximum atomic E-state index is 11.9. The predicted molar refractivity (Wildman–Crippen MR) is 76.4 cm³/mol. The highest BCUT2D eigenvalue weighted by molar-refractivity contribution is 6.31. The van der Waals surface area contributed by atoms with Gasteiger partial charge in [0.05, 0.1) is 0 Å². The summed E-state index contributed by atoms with van der Waals surface area (Å²) in [6, 6.07) is 5.42. The first-order valence-electron chi connectivity index (χ1n) is 6.09. The van der Waals surface area contributed by atoms with Crippen molar-refractivity contribution in [1.29, 1.82) is 0 Å². The molecule has 1 aromatic carbocycles. The fourth-order valence-corrected chi connectivity index (χ4v) is 2.05. The molecule has 1 amide bonds. The van der Waals surface area contributed by atoms with E-state index >= 15 is 0 Å². The number of hydrogen-bond donors (Lipinski definition) is 2. The highest BCUT2D eigenvalue weighted by Gasteiger charge is 2.19. The number of nitrogens with one attached hydrogen (secondary N) is 2. The molecule has 0 unspecified atom stereocenters. The Morgan fingerprint density at radius 2 is 1.94 bits per heavy atom. The van der Waals surface area contributed by atoms with E-state index in [0.29, 0.717) is 17.1 Å². The number of rotatable bonds is 4. The Balaban J connectivity index is 2.88. The Kier molecular flexibility index (Phi) is 5.17. The summed E-state index contributed by atoms with van der Waals surface area (Å²) in [5, 5.41) is 6.54. The molecule has 0 spiro atoms. The zero-order valence-electron chi connectivity index (χ0n) is 11.4. The third kappa shape index (κ3) is 4.00. The number of amides is 1. The summed E-state index contributed by atoms with van der Waals surface area (Å²) in [7, 11) is 1.85. The maximum absolute atomic E-state index is 11.9. The van der Waals surface area contributed by atoms with Crippen LogP contribution in [0.2, 0.25) is 5.02 Å².